The number of alkyl halides is 2. The number of rotatable bonds is 8. The fourth-order valence-corrected chi connectivity index (χ4v) is 4.89. The SMILES string of the molecule is C=CC(C)/C(=C(/C)P)c1cnc2c(-c3cnn(CC(C)(F)F)c3)cc(Cc3ccc(F)cc3)cc2c1. The lowest BCUT2D eigenvalue weighted by molar-refractivity contribution is 0.000603. The molecule has 0 spiro atoms. The van der Waals surface area contributed by atoms with Crippen LogP contribution in [0.25, 0.3) is 27.6 Å². The zero-order valence-corrected chi connectivity index (χ0v) is 21.8. The number of aromatic nitrogens is 3. The van der Waals surface area contributed by atoms with Crippen LogP contribution in [0.1, 0.15) is 37.5 Å². The van der Waals surface area contributed by atoms with Crippen LogP contribution in [-0.4, -0.2) is 20.7 Å². The predicted octanol–water partition coefficient (Wildman–Crippen LogP) is 7.91. The predicted molar refractivity (Wildman–Crippen MR) is 144 cm³/mol. The van der Waals surface area contributed by atoms with Crippen LogP contribution < -0.4 is 0 Å². The first-order valence-electron chi connectivity index (χ1n) is 11.7. The van der Waals surface area contributed by atoms with Crippen molar-refractivity contribution in [3.8, 4) is 11.1 Å². The monoisotopic (exact) mass is 507 g/mol. The van der Waals surface area contributed by atoms with Crippen molar-refractivity contribution < 1.29 is 13.2 Å². The maximum Gasteiger partial charge on any atom is 0.264 e. The molecule has 2 aromatic heterocycles. The van der Waals surface area contributed by atoms with Crippen molar-refractivity contribution in [1.29, 1.82) is 0 Å². The normalized spacial score (nSPS) is 13.5. The Hall–Kier alpha value is -3.24. The molecular weight excluding hydrogens is 478 g/mol. The minimum atomic E-state index is -2.87. The average Bonchev–Trinajstić information content (AvgIpc) is 3.26. The van der Waals surface area contributed by atoms with Gasteiger partial charge in [-0.2, -0.15) is 5.10 Å². The second-order valence-electron chi connectivity index (χ2n) is 9.36. The van der Waals surface area contributed by atoms with Gasteiger partial charge in [-0.1, -0.05) is 30.4 Å². The first-order chi connectivity index (χ1) is 17.0. The Kier molecular flexibility index (Phi) is 7.46. The van der Waals surface area contributed by atoms with Gasteiger partial charge in [0, 0.05) is 35.8 Å². The van der Waals surface area contributed by atoms with E-state index in [0.29, 0.717) is 12.0 Å². The maximum atomic E-state index is 13.6. The lowest BCUT2D eigenvalue weighted by Gasteiger charge is -2.16. The van der Waals surface area contributed by atoms with Crippen LogP contribution >= 0.6 is 9.24 Å². The van der Waals surface area contributed by atoms with E-state index >= 15 is 0 Å². The van der Waals surface area contributed by atoms with Crippen LogP contribution in [0.3, 0.4) is 0 Å². The van der Waals surface area contributed by atoms with Gasteiger partial charge in [0.25, 0.3) is 5.92 Å². The highest BCUT2D eigenvalue weighted by atomic mass is 31.0. The lowest BCUT2D eigenvalue weighted by atomic mass is 9.92. The first kappa shape index (κ1) is 25.8. The zero-order chi connectivity index (χ0) is 26.0. The van der Waals surface area contributed by atoms with Gasteiger partial charge < -0.3 is 0 Å². The number of pyridine rings is 1. The minimum absolute atomic E-state index is 0.137. The van der Waals surface area contributed by atoms with Gasteiger partial charge in [0.05, 0.1) is 11.7 Å². The van der Waals surface area contributed by atoms with Gasteiger partial charge in [-0.05, 0) is 71.9 Å². The molecule has 0 fully saturated rings. The second kappa shape index (κ2) is 10.4. The van der Waals surface area contributed by atoms with E-state index in [-0.39, 0.29) is 11.7 Å². The highest BCUT2D eigenvalue weighted by molar-refractivity contribution is 7.22. The summed E-state index contributed by atoms with van der Waals surface area (Å²) in [4.78, 5) is 4.81. The third kappa shape index (κ3) is 5.93. The van der Waals surface area contributed by atoms with E-state index in [4.69, 9.17) is 4.98 Å². The third-order valence-electron chi connectivity index (χ3n) is 6.09. The molecule has 0 amide bonds. The van der Waals surface area contributed by atoms with Crippen molar-refractivity contribution in [1.82, 2.24) is 14.8 Å². The summed E-state index contributed by atoms with van der Waals surface area (Å²) >= 11 is 0. The summed E-state index contributed by atoms with van der Waals surface area (Å²) in [6, 6.07) is 12.6. The van der Waals surface area contributed by atoms with Crippen LogP contribution in [0.15, 0.2) is 79.0 Å². The van der Waals surface area contributed by atoms with Crippen molar-refractivity contribution in [2.45, 2.75) is 39.7 Å². The summed E-state index contributed by atoms with van der Waals surface area (Å²) in [6.45, 7) is 8.45. The van der Waals surface area contributed by atoms with Gasteiger partial charge in [0.1, 0.15) is 12.4 Å². The highest BCUT2D eigenvalue weighted by Crippen LogP contribution is 2.35. The Balaban J connectivity index is 1.87. The molecule has 36 heavy (non-hydrogen) atoms. The molecule has 186 valence electrons. The molecule has 0 bridgehead atoms. The fraction of sp³-hybridized carbons (Fsp3) is 0.241. The fourth-order valence-electron chi connectivity index (χ4n) is 4.46. The molecule has 0 aliphatic rings. The molecule has 0 aliphatic carbocycles. The molecule has 0 aliphatic heterocycles. The second-order valence-corrected chi connectivity index (χ2v) is 10.2. The molecule has 2 atom stereocenters. The van der Waals surface area contributed by atoms with Crippen molar-refractivity contribution >= 4 is 25.7 Å². The number of halogens is 3. The number of allylic oxidation sites excluding steroid dienone is 3. The van der Waals surface area contributed by atoms with Crippen molar-refractivity contribution in [3.63, 3.8) is 0 Å². The summed E-state index contributed by atoms with van der Waals surface area (Å²) < 4.78 is 41.8. The van der Waals surface area contributed by atoms with Gasteiger partial charge >= 0.3 is 0 Å². The largest absolute Gasteiger partial charge is 0.266 e. The average molecular weight is 508 g/mol. The van der Waals surface area contributed by atoms with Gasteiger partial charge in [0.2, 0.25) is 0 Å². The Labute approximate surface area is 212 Å². The van der Waals surface area contributed by atoms with Crippen LogP contribution in [0.5, 0.6) is 0 Å². The number of hydrogen-bond donors (Lipinski definition) is 0. The summed E-state index contributed by atoms with van der Waals surface area (Å²) in [6.07, 6.45) is 7.56. The number of hydrogen-bond acceptors (Lipinski definition) is 2. The highest BCUT2D eigenvalue weighted by Gasteiger charge is 2.23. The molecule has 3 nitrogen and oxygen atoms in total. The molecule has 4 rings (SSSR count). The third-order valence-corrected chi connectivity index (χ3v) is 6.40. The molecule has 0 N–H and O–H groups in total. The van der Waals surface area contributed by atoms with Crippen molar-refractivity contribution in [2.24, 2.45) is 5.92 Å². The number of fused-ring (bicyclic) bond motifs is 1. The molecule has 0 saturated carbocycles. The Bertz CT molecular complexity index is 1430. The Morgan fingerprint density at radius 2 is 1.86 bits per heavy atom. The van der Waals surface area contributed by atoms with E-state index in [0.717, 1.165) is 51.0 Å². The minimum Gasteiger partial charge on any atom is -0.266 e. The summed E-state index contributed by atoms with van der Waals surface area (Å²) in [5, 5.41) is 6.19. The topological polar surface area (TPSA) is 30.7 Å². The standard InChI is InChI=1S/C29H29F3N3P/c1-5-18(2)27(19(3)36)23-13-22-11-21(10-20-6-8-25(30)9-7-20)12-26(28(22)33-14-23)24-15-34-35(16-24)17-29(4,31)32/h5-9,11-16,18H,1,10,17,36H2,2-4H3/b27-19+. The zero-order valence-electron chi connectivity index (χ0n) is 20.6. The maximum absolute atomic E-state index is 13.6. The molecular formula is C29H29F3N3P. The Morgan fingerprint density at radius 1 is 1.14 bits per heavy atom. The number of benzene rings is 2. The van der Waals surface area contributed by atoms with E-state index in [1.54, 1.807) is 24.5 Å². The molecule has 7 heteroatoms. The quantitative estimate of drug-likeness (QED) is 0.179. The van der Waals surface area contributed by atoms with Crippen LogP contribution in [-0.2, 0) is 13.0 Å². The lowest BCUT2D eigenvalue weighted by Crippen LogP contribution is -2.19. The molecule has 0 saturated heterocycles. The summed E-state index contributed by atoms with van der Waals surface area (Å²) in [7, 11) is 2.77. The van der Waals surface area contributed by atoms with Gasteiger partial charge in [0.15, 0.2) is 0 Å². The van der Waals surface area contributed by atoms with E-state index in [2.05, 4.69) is 40.0 Å². The van der Waals surface area contributed by atoms with Crippen molar-refractivity contribution in [2.75, 3.05) is 0 Å². The molecule has 0 radical (unpaired) electrons. The smallest absolute Gasteiger partial charge is 0.264 e. The summed E-state index contributed by atoms with van der Waals surface area (Å²) in [5.41, 5.74) is 6.38. The molecule has 2 unspecified atom stereocenters. The molecule has 2 heterocycles. The Morgan fingerprint density at radius 3 is 2.50 bits per heavy atom. The van der Waals surface area contributed by atoms with Gasteiger partial charge in [-0.15, -0.1) is 15.8 Å². The van der Waals surface area contributed by atoms with Crippen LogP contribution in [0, 0.1) is 11.7 Å². The molecule has 2 aromatic carbocycles. The van der Waals surface area contributed by atoms with Gasteiger partial charge in [-0.3, -0.25) is 9.67 Å². The van der Waals surface area contributed by atoms with Crippen LogP contribution in [0.2, 0.25) is 0 Å². The van der Waals surface area contributed by atoms with E-state index in [1.807, 2.05) is 25.3 Å². The summed E-state index contributed by atoms with van der Waals surface area (Å²) in [5.74, 6) is -3.02. The van der Waals surface area contributed by atoms with Crippen LogP contribution in [0.4, 0.5) is 13.2 Å². The van der Waals surface area contributed by atoms with E-state index < -0.39 is 12.5 Å². The van der Waals surface area contributed by atoms with E-state index in [9.17, 15) is 13.2 Å². The van der Waals surface area contributed by atoms with Crippen molar-refractivity contribution in [3.05, 3.63) is 102 Å². The first-order valence-corrected chi connectivity index (χ1v) is 12.3. The van der Waals surface area contributed by atoms with E-state index in [1.165, 1.54) is 16.8 Å². The van der Waals surface area contributed by atoms with Gasteiger partial charge in [-0.25, -0.2) is 13.2 Å². The molecule has 4 aromatic rings. The number of nitrogens with zero attached hydrogens (tertiary/aromatic N) is 3.